The van der Waals surface area contributed by atoms with Crippen LogP contribution in [0.1, 0.15) is 24.6 Å². The average Bonchev–Trinajstić information content (AvgIpc) is 3.13. The number of hydrogen-bond donors (Lipinski definition) is 1. The first kappa shape index (κ1) is 12.8. The molecule has 0 spiro atoms. The first-order chi connectivity index (χ1) is 10.4. The molecular formula is C17H17N3S. The van der Waals surface area contributed by atoms with Crippen molar-refractivity contribution in [3.05, 3.63) is 40.9 Å². The van der Waals surface area contributed by atoms with Crippen LogP contribution in [0.2, 0.25) is 0 Å². The van der Waals surface area contributed by atoms with Crippen LogP contribution in [0.3, 0.4) is 0 Å². The third kappa shape index (κ3) is 2.10. The second-order valence-corrected chi connectivity index (χ2v) is 6.26. The molecule has 0 atom stereocenters. The summed E-state index contributed by atoms with van der Waals surface area (Å²) >= 11 is 1.76. The highest BCUT2D eigenvalue weighted by Crippen LogP contribution is 2.35. The van der Waals surface area contributed by atoms with E-state index in [9.17, 15) is 0 Å². The number of thiophene rings is 1. The van der Waals surface area contributed by atoms with Gasteiger partial charge < -0.3 is 5.32 Å². The summed E-state index contributed by atoms with van der Waals surface area (Å²) < 4.78 is 1.29. The van der Waals surface area contributed by atoms with Crippen LogP contribution in [0.25, 0.3) is 21.5 Å². The van der Waals surface area contributed by atoms with E-state index in [2.05, 4.69) is 41.9 Å². The molecule has 0 saturated carbocycles. The van der Waals surface area contributed by atoms with Gasteiger partial charge in [0.05, 0.1) is 0 Å². The quantitative estimate of drug-likeness (QED) is 0.783. The van der Waals surface area contributed by atoms with Crippen molar-refractivity contribution in [3.63, 3.8) is 0 Å². The summed E-state index contributed by atoms with van der Waals surface area (Å²) in [5, 5.41) is 6.84. The fraction of sp³-hybridized carbons (Fsp3) is 0.294. The number of aromatic nitrogens is 2. The van der Waals surface area contributed by atoms with Gasteiger partial charge in [0.25, 0.3) is 0 Å². The van der Waals surface area contributed by atoms with E-state index >= 15 is 0 Å². The molecule has 1 N–H and O–H groups in total. The minimum absolute atomic E-state index is 0.865. The van der Waals surface area contributed by atoms with Crippen LogP contribution >= 0.6 is 11.3 Å². The highest BCUT2D eigenvalue weighted by atomic mass is 32.1. The van der Waals surface area contributed by atoms with E-state index in [1.54, 1.807) is 11.3 Å². The molecule has 0 amide bonds. The number of rotatable bonds is 3. The van der Waals surface area contributed by atoms with Crippen LogP contribution in [0, 0.1) is 0 Å². The Hall–Kier alpha value is -1.94. The molecule has 0 unspecified atom stereocenters. The number of aryl methyl sites for hydroxylation is 1. The summed E-state index contributed by atoms with van der Waals surface area (Å²) in [7, 11) is 0. The third-order valence-corrected chi connectivity index (χ3v) is 4.96. The Morgan fingerprint density at radius 3 is 3.00 bits per heavy atom. The Balaban J connectivity index is 1.90. The largest absolute Gasteiger partial charge is 0.370 e. The van der Waals surface area contributed by atoms with E-state index in [0.29, 0.717) is 0 Å². The van der Waals surface area contributed by atoms with E-state index in [0.717, 1.165) is 36.6 Å². The zero-order valence-corrected chi connectivity index (χ0v) is 12.8. The summed E-state index contributed by atoms with van der Waals surface area (Å²) in [5.41, 5.74) is 3.70. The van der Waals surface area contributed by atoms with E-state index in [4.69, 9.17) is 9.97 Å². The maximum atomic E-state index is 4.84. The highest BCUT2D eigenvalue weighted by molar-refractivity contribution is 7.17. The molecule has 0 aliphatic heterocycles. The minimum Gasteiger partial charge on any atom is -0.370 e. The van der Waals surface area contributed by atoms with Crippen LogP contribution in [-0.2, 0) is 12.8 Å². The Kier molecular flexibility index (Phi) is 3.11. The third-order valence-electron chi connectivity index (χ3n) is 4.00. The topological polar surface area (TPSA) is 37.8 Å². The van der Waals surface area contributed by atoms with Crippen molar-refractivity contribution >= 4 is 27.2 Å². The molecule has 0 radical (unpaired) electrons. The Labute approximate surface area is 128 Å². The Bertz CT molecular complexity index is 807. The second-order valence-electron chi connectivity index (χ2n) is 5.35. The molecule has 4 heteroatoms. The fourth-order valence-electron chi connectivity index (χ4n) is 3.02. The van der Waals surface area contributed by atoms with Gasteiger partial charge in [-0.1, -0.05) is 18.2 Å². The summed E-state index contributed by atoms with van der Waals surface area (Å²) in [4.78, 5) is 9.66. The van der Waals surface area contributed by atoms with Crippen molar-refractivity contribution in [2.75, 3.05) is 11.9 Å². The molecule has 106 valence electrons. The molecule has 21 heavy (non-hydrogen) atoms. The molecule has 1 aromatic carbocycles. The van der Waals surface area contributed by atoms with E-state index < -0.39 is 0 Å². The predicted molar refractivity (Wildman–Crippen MR) is 89.0 cm³/mol. The molecule has 4 rings (SSSR count). The lowest BCUT2D eigenvalue weighted by molar-refractivity contribution is 0.900. The van der Waals surface area contributed by atoms with Crippen molar-refractivity contribution in [2.24, 2.45) is 0 Å². The Morgan fingerprint density at radius 1 is 1.19 bits per heavy atom. The average molecular weight is 295 g/mol. The standard InChI is InChI=1S/C17H17N3S/c1-2-18-16-12-7-5-8-14(12)19-17(20-16)13-10-21-15-9-4-3-6-11(13)15/h3-4,6,9-10H,2,5,7-8H2,1H3,(H,18,19,20). The van der Waals surface area contributed by atoms with Crippen LogP contribution in [0.5, 0.6) is 0 Å². The van der Waals surface area contributed by atoms with Crippen LogP contribution < -0.4 is 5.32 Å². The molecule has 2 heterocycles. The lowest BCUT2D eigenvalue weighted by atomic mass is 10.1. The van der Waals surface area contributed by atoms with Crippen molar-refractivity contribution in [2.45, 2.75) is 26.2 Å². The van der Waals surface area contributed by atoms with E-state index in [1.165, 1.54) is 27.8 Å². The number of hydrogen-bond acceptors (Lipinski definition) is 4. The maximum absolute atomic E-state index is 4.84. The van der Waals surface area contributed by atoms with Crippen molar-refractivity contribution < 1.29 is 0 Å². The lowest BCUT2D eigenvalue weighted by Gasteiger charge is -2.10. The summed E-state index contributed by atoms with van der Waals surface area (Å²) in [6, 6.07) is 8.47. The van der Waals surface area contributed by atoms with E-state index in [1.807, 2.05) is 0 Å². The molecule has 0 fully saturated rings. The van der Waals surface area contributed by atoms with Crippen molar-refractivity contribution in [1.29, 1.82) is 0 Å². The zero-order chi connectivity index (χ0) is 14.2. The Morgan fingerprint density at radius 2 is 2.10 bits per heavy atom. The molecule has 1 aliphatic rings. The van der Waals surface area contributed by atoms with Gasteiger partial charge in [0.1, 0.15) is 5.82 Å². The lowest BCUT2D eigenvalue weighted by Crippen LogP contribution is -2.06. The summed E-state index contributed by atoms with van der Waals surface area (Å²) in [6.07, 6.45) is 3.36. The SMILES string of the molecule is CCNc1nc(-c2csc3ccccc23)nc2c1CCC2. The number of anilines is 1. The predicted octanol–water partition coefficient (Wildman–Crippen LogP) is 4.28. The van der Waals surface area contributed by atoms with E-state index in [-0.39, 0.29) is 0 Å². The molecule has 3 nitrogen and oxygen atoms in total. The number of fused-ring (bicyclic) bond motifs is 2. The smallest absolute Gasteiger partial charge is 0.163 e. The van der Waals surface area contributed by atoms with Gasteiger partial charge in [0.15, 0.2) is 5.82 Å². The normalized spacial score (nSPS) is 13.6. The fourth-order valence-corrected chi connectivity index (χ4v) is 3.96. The van der Waals surface area contributed by atoms with Gasteiger partial charge in [0, 0.05) is 38.8 Å². The van der Waals surface area contributed by atoms with Crippen LogP contribution in [0.4, 0.5) is 5.82 Å². The first-order valence-corrected chi connectivity index (χ1v) is 8.35. The molecule has 1 aliphatic carbocycles. The molecular weight excluding hydrogens is 278 g/mol. The number of benzene rings is 1. The number of nitrogens with one attached hydrogen (secondary N) is 1. The first-order valence-electron chi connectivity index (χ1n) is 7.47. The molecule has 0 saturated heterocycles. The number of nitrogens with zero attached hydrogens (tertiary/aromatic N) is 2. The van der Waals surface area contributed by atoms with Gasteiger partial charge in [0.2, 0.25) is 0 Å². The van der Waals surface area contributed by atoms with Gasteiger partial charge in [-0.25, -0.2) is 9.97 Å². The molecule has 0 bridgehead atoms. The van der Waals surface area contributed by atoms with Crippen LogP contribution in [-0.4, -0.2) is 16.5 Å². The maximum Gasteiger partial charge on any atom is 0.163 e. The summed E-state index contributed by atoms with van der Waals surface area (Å²) in [5.74, 6) is 1.90. The van der Waals surface area contributed by atoms with Gasteiger partial charge in [-0.15, -0.1) is 11.3 Å². The highest BCUT2D eigenvalue weighted by Gasteiger charge is 2.20. The minimum atomic E-state index is 0.865. The summed E-state index contributed by atoms with van der Waals surface area (Å²) in [6.45, 7) is 3.01. The zero-order valence-electron chi connectivity index (χ0n) is 12.0. The van der Waals surface area contributed by atoms with Crippen LogP contribution in [0.15, 0.2) is 29.6 Å². The van der Waals surface area contributed by atoms with Crippen molar-refractivity contribution in [1.82, 2.24) is 9.97 Å². The molecule has 2 aromatic heterocycles. The van der Waals surface area contributed by atoms with Gasteiger partial charge in [-0.05, 0) is 32.3 Å². The van der Waals surface area contributed by atoms with Crippen molar-refractivity contribution in [3.8, 4) is 11.4 Å². The van der Waals surface area contributed by atoms with Gasteiger partial charge >= 0.3 is 0 Å². The van der Waals surface area contributed by atoms with Gasteiger partial charge in [-0.2, -0.15) is 0 Å². The monoisotopic (exact) mass is 295 g/mol. The second kappa shape index (κ2) is 5.11. The van der Waals surface area contributed by atoms with Gasteiger partial charge in [-0.3, -0.25) is 0 Å². The molecule has 3 aromatic rings.